The zero-order valence-electron chi connectivity index (χ0n) is 11.4. The topological polar surface area (TPSA) is 29.1 Å². The van der Waals surface area contributed by atoms with Crippen LogP contribution in [0.15, 0.2) is 42.5 Å². The van der Waals surface area contributed by atoms with Crippen LogP contribution in [-0.4, -0.2) is 11.9 Å². The van der Waals surface area contributed by atoms with Gasteiger partial charge in [0.2, 0.25) is 5.91 Å². The van der Waals surface area contributed by atoms with Crippen molar-refractivity contribution >= 4 is 17.5 Å². The normalized spacial score (nSPS) is 17.8. The number of hydrogen-bond acceptors (Lipinski definition) is 1. The molecule has 0 saturated carbocycles. The van der Waals surface area contributed by atoms with Crippen LogP contribution in [-0.2, 0) is 11.2 Å². The second kappa shape index (κ2) is 5.86. The van der Waals surface area contributed by atoms with Crippen LogP contribution in [0.5, 0.6) is 0 Å². The highest BCUT2D eigenvalue weighted by molar-refractivity contribution is 6.30. The molecule has 2 aromatic carbocycles. The zero-order valence-corrected chi connectivity index (χ0v) is 12.2. The van der Waals surface area contributed by atoms with Gasteiger partial charge in [0, 0.05) is 23.0 Å². The van der Waals surface area contributed by atoms with E-state index in [-0.39, 0.29) is 17.8 Å². The average molecular weight is 304 g/mol. The highest BCUT2D eigenvalue weighted by atomic mass is 35.5. The maximum Gasteiger partial charge on any atom is 0.220 e. The molecule has 1 heterocycles. The van der Waals surface area contributed by atoms with Crippen molar-refractivity contribution in [3.8, 4) is 11.1 Å². The van der Waals surface area contributed by atoms with E-state index in [0.717, 1.165) is 24.0 Å². The zero-order chi connectivity index (χ0) is 14.8. The summed E-state index contributed by atoms with van der Waals surface area (Å²) in [6.45, 7) is 0. The molecule has 4 heteroatoms. The molecule has 0 spiro atoms. The Bertz CT molecular complexity index is 669. The van der Waals surface area contributed by atoms with Gasteiger partial charge in [0.05, 0.1) is 0 Å². The lowest BCUT2D eigenvalue weighted by molar-refractivity contribution is -0.119. The van der Waals surface area contributed by atoms with Crippen molar-refractivity contribution in [3.05, 3.63) is 58.9 Å². The van der Waals surface area contributed by atoms with Crippen LogP contribution in [0.1, 0.15) is 18.4 Å². The van der Waals surface area contributed by atoms with Gasteiger partial charge in [-0.2, -0.15) is 0 Å². The third-order valence-electron chi connectivity index (χ3n) is 3.76. The van der Waals surface area contributed by atoms with Crippen molar-refractivity contribution in [1.29, 1.82) is 0 Å². The van der Waals surface area contributed by atoms with Crippen molar-refractivity contribution in [2.24, 2.45) is 0 Å². The summed E-state index contributed by atoms with van der Waals surface area (Å²) in [5.74, 6) is -0.159. The van der Waals surface area contributed by atoms with Crippen LogP contribution < -0.4 is 5.32 Å². The lowest BCUT2D eigenvalue weighted by atomic mass is 10.00. The third kappa shape index (κ3) is 3.24. The summed E-state index contributed by atoms with van der Waals surface area (Å²) in [6, 6.07) is 12.5. The Balaban J connectivity index is 1.77. The summed E-state index contributed by atoms with van der Waals surface area (Å²) >= 11 is 5.92. The van der Waals surface area contributed by atoms with Gasteiger partial charge in [-0.1, -0.05) is 35.9 Å². The van der Waals surface area contributed by atoms with Crippen LogP contribution in [0.4, 0.5) is 4.39 Å². The van der Waals surface area contributed by atoms with Gasteiger partial charge in [-0.15, -0.1) is 0 Å². The van der Waals surface area contributed by atoms with Gasteiger partial charge in [-0.05, 0) is 42.2 Å². The molecule has 0 aromatic heterocycles. The van der Waals surface area contributed by atoms with Crippen LogP contribution in [0.25, 0.3) is 11.1 Å². The Kier molecular flexibility index (Phi) is 3.93. The van der Waals surface area contributed by atoms with E-state index < -0.39 is 0 Å². The molecule has 1 atom stereocenters. The van der Waals surface area contributed by atoms with Gasteiger partial charge >= 0.3 is 0 Å². The number of carbonyl (C=O) groups is 1. The summed E-state index contributed by atoms with van der Waals surface area (Å²) in [6.07, 6.45) is 2.30. The van der Waals surface area contributed by atoms with Gasteiger partial charge in [-0.3, -0.25) is 4.79 Å². The molecular weight excluding hydrogens is 289 g/mol. The van der Waals surface area contributed by atoms with Crippen LogP contribution in [0.2, 0.25) is 5.02 Å². The quantitative estimate of drug-likeness (QED) is 0.913. The van der Waals surface area contributed by atoms with Crippen molar-refractivity contribution in [2.75, 3.05) is 0 Å². The molecular formula is C17H15ClFNO. The minimum atomic E-state index is -0.282. The van der Waals surface area contributed by atoms with Crippen LogP contribution in [0.3, 0.4) is 0 Å². The summed E-state index contributed by atoms with van der Waals surface area (Å²) in [5.41, 5.74) is 2.44. The molecule has 0 aliphatic carbocycles. The molecule has 1 aliphatic rings. The van der Waals surface area contributed by atoms with E-state index in [1.165, 1.54) is 12.1 Å². The van der Waals surface area contributed by atoms with Crippen LogP contribution >= 0.6 is 11.6 Å². The summed E-state index contributed by atoms with van der Waals surface area (Å²) in [5, 5.41) is 3.47. The number of halogens is 2. The van der Waals surface area contributed by atoms with E-state index in [1.54, 1.807) is 6.07 Å². The Labute approximate surface area is 127 Å². The molecule has 2 aromatic rings. The monoisotopic (exact) mass is 303 g/mol. The predicted molar refractivity (Wildman–Crippen MR) is 81.7 cm³/mol. The Hall–Kier alpha value is -1.87. The summed E-state index contributed by atoms with van der Waals surface area (Å²) in [7, 11) is 0. The number of nitrogens with one attached hydrogen (secondary N) is 1. The first kappa shape index (κ1) is 14.1. The van der Waals surface area contributed by atoms with Crippen molar-refractivity contribution in [3.63, 3.8) is 0 Å². The van der Waals surface area contributed by atoms with Crippen molar-refractivity contribution in [1.82, 2.24) is 5.32 Å². The summed E-state index contributed by atoms with van der Waals surface area (Å²) < 4.78 is 13.8. The molecule has 0 radical (unpaired) electrons. The van der Waals surface area contributed by atoms with E-state index >= 15 is 0 Å². The van der Waals surface area contributed by atoms with E-state index in [2.05, 4.69) is 5.32 Å². The number of amides is 1. The fourth-order valence-corrected chi connectivity index (χ4v) is 2.83. The lowest BCUT2D eigenvalue weighted by Crippen LogP contribution is -2.27. The molecule has 1 fully saturated rings. The molecule has 108 valence electrons. The largest absolute Gasteiger partial charge is 0.353 e. The van der Waals surface area contributed by atoms with Crippen molar-refractivity contribution < 1.29 is 9.18 Å². The Morgan fingerprint density at radius 2 is 1.95 bits per heavy atom. The predicted octanol–water partition coefficient (Wildman–Crippen LogP) is 3.97. The Morgan fingerprint density at radius 1 is 1.19 bits per heavy atom. The molecule has 0 bridgehead atoms. The van der Waals surface area contributed by atoms with Crippen molar-refractivity contribution in [2.45, 2.75) is 25.3 Å². The number of benzene rings is 2. The fraction of sp³-hybridized carbons (Fsp3) is 0.235. The minimum absolute atomic E-state index is 0.123. The molecule has 21 heavy (non-hydrogen) atoms. The van der Waals surface area contributed by atoms with Crippen LogP contribution in [0, 0.1) is 5.82 Å². The summed E-state index contributed by atoms with van der Waals surface area (Å²) in [4.78, 5) is 11.2. The molecule has 3 rings (SSSR count). The smallest absolute Gasteiger partial charge is 0.220 e. The maximum atomic E-state index is 13.8. The van der Waals surface area contributed by atoms with E-state index in [9.17, 15) is 9.18 Å². The number of carbonyl (C=O) groups excluding carboxylic acids is 1. The Morgan fingerprint density at radius 3 is 2.62 bits per heavy atom. The lowest BCUT2D eigenvalue weighted by Gasteiger charge is -2.11. The van der Waals surface area contributed by atoms with Gasteiger partial charge in [-0.25, -0.2) is 4.39 Å². The molecule has 1 aliphatic heterocycles. The first-order valence-corrected chi connectivity index (χ1v) is 7.33. The highest BCUT2D eigenvalue weighted by Crippen LogP contribution is 2.26. The van der Waals surface area contributed by atoms with E-state index in [4.69, 9.17) is 11.6 Å². The van der Waals surface area contributed by atoms with Gasteiger partial charge < -0.3 is 5.32 Å². The highest BCUT2D eigenvalue weighted by Gasteiger charge is 2.20. The number of hydrogen-bond donors (Lipinski definition) is 1. The fourth-order valence-electron chi connectivity index (χ4n) is 2.65. The first-order valence-electron chi connectivity index (χ1n) is 6.95. The molecule has 1 saturated heterocycles. The SMILES string of the molecule is O=C1CCC(Cc2ccc(-c3cc(Cl)ccc3F)cc2)N1. The average Bonchev–Trinajstić information content (AvgIpc) is 2.88. The van der Waals surface area contributed by atoms with Gasteiger partial charge in [0.15, 0.2) is 0 Å². The molecule has 1 N–H and O–H groups in total. The molecule has 2 nitrogen and oxygen atoms in total. The van der Waals surface area contributed by atoms with Gasteiger partial charge in [0.1, 0.15) is 5.82 Å². The second-order valence-electron chi connectivity index (χ2n) is 5.33. The number of rotatable bonds is 3. The van der Waals surface area contributed by atoms with Gasteiger partial charge in [0.25, 0.3) is 0 Å². The third-order valence-corrected chi connectivity index (χ3v) is 4.00. The maximum absolute atomic E-state index is 13.8. The first-order chi connectivity index (χ1) is 10.1. The molecule has 1 amide bonds. The standard InChI is InChI=1S/C17H15ClFNO/c18-13-5-7-16(19)15(10-13)12-3-1-11(2-4-12)9-14-6-8-17(21)20-14/h1-5,7,10,14H,6,8-9H2,(H,20,21). The molecule has 1 unspecified atom stereocenters. The van der Waals surface area contributed by atoms with E-state index in [0.29, 0.717) is 17.0 Å². The minimum Gasteiger partial charge on any atom is -0.353 e. The second-order valence-corrected chi connectivity index (χ2v) is 5.76. The van der Waals surface area contributed by atoms with E-state index in [1.807, 2.05) is 24.3 Å².